The first-order chi connectivity index (χ1) is 19.8. The van der Waals surface area contributed by atoms with Crippen molar-refractivity contribution in [3.63, 3.8) is 0 Å². The van der Waals surface area contributed by atoms with Gasteiger partial charge in [-0.25, -0.2) is 6.57 Å². The van der Waals surface area contributed by atoms with Gasteiger partial charge in [0.05, 0.1) is 47.3 Å². The average Bonchev–Trinajstić information content (AvgIpc) is 2.90. The van der Waals surface area contributed by atoms with E-state index in [0.29, 0.717) is 47.7 Å². The molecule has 1 aromatic rings. The maximum absolute atomic E-state index is 14.0. The highest BCUT2D eigenvalue weighted by atomic mass is 32.2. The number of thiocarbonyl (C=S) groups is 1. The summed E-state index contributed by atoms with van der Waals surface area (Å²) in [5, 5.41) is 6.11. The first-order valence-corrected chi connectivity index (χ1v) is 17.6. The number of thioether (sulfide) groups is 1. The first-order valence-electron chi connectivity index (χ1n) is 14.8. The molecular weight excluding hydrogens is 605 g/mol. The maximum atomic E-state index is 14.0. The molecule has 9 nitrogen and oxygen atoms in total. The van der Waals surface area contributed by atoms with Crippen molar-refractivity contribution >= 4 is 50.1 Å². The molecule has 1 rings (SSSR count). The van der Waals surface area contributed by atoms with Crippen molar-refractivity contribution < 1.29 is 27.0 Å². The Kier molecular flexibility index (Phi) is 15.3. The molecule has 0 aromatic heterocycles. The SMILES string of the molecule is [C-]#[N+]C(C)(C)CC(C)(CC(C)(SC(=S)c1ccccc1)C(=O)NCCC[N+](C)(C)CCCS(=O)(=O)O)C(=O)NCCCC. The Morgan fingerprint density at radius 2 is 1.53 bits per heavy atom. The summed E-state index contributed by atoms with van der Waals surface area (Å²) in [7, 11) is -0.0396. The van der Waals surface area contributed by atoms with Crippen LogP contribution in [0.5, 0.6) is 0 Å². The summed E-state index contributed by atoms with van der Waals surface area (Å²) in [5.41, 5.74) is -1.00. The lowest BCUT2D eigenvalue weighted by molar-refractivity contribution is -0.890. The second-order valence-corrected chi connectivity index (χ2v) is 16.8. The van der Waals surface area contributed by atoms with Crippen molar-refractivity contribution in [3.8, 4) is 0 Å². The summed E-state index contributed by atoms with van der Waals surface area (Å²) in [4.78, 5) is 31.4. The van der Waals surface area contributed by atoms with Gasteiger partial charge in [-0.05, 0) is 25.3 Å². The summed E-state index contributed by atoms with van der Waals surface area (Å²) in [6, 6.07) is 9.47. The molecule has 0 aliphatic heterocycles. The van der Waals surface area contributed by atoms with Crippen LogP contribution in [-0.4, -0.2) is 89.8 Å². The van der Waals surface area contributed by atoms with Gasteiger partial charge >= 0.3 is 0 Å². The molecule has 2 atom stereocenters. The number of amides is 2. The lowest BCUT2D eigenvalue weighted by atomic mass is 9.72. The van der Waals surface area contributed by atoms with Crippen molar-refractivity contribution in [2.45, 2.75) is 83.4 Å². The molecule has 2 amide bonds. The zero-order valence-electron chi connectivity index (χ0n) is 26.9. The van der Waals surface area contributed by atoms with Crippen LogP contribution in [0.1, 0.15) is 78.7 Å². The Labute approximate surface area is 269 Å². The van der Waals surface area contributed by atoms with E-state index in [9.17, 15) is 18.0 Å². The second-order valence-electron chi connectivity index (χ2n) is 13.1. The van der Waals surface area contributed by atoms with E-state index >= 15 is 0 Å². The van der Waals surface area contributed by atoms with E-state index in [4.69, 9.17) is 23.3 Å². The molecule has 0 aliphatic carbocycles. The molecule has 0 spiro atoms. The van der Waals surface area contributed by atoms with E-state index in [1.807, 2.05) is 72.1 Å². The van der Waals surface area contributed by atoms with Gasteiger partial charge < -0.3 is 20.0 Å². The van der Waals surface area contributed by atoms with Crippen LogP contribution in [0, 0.1) is 12.0 Å². The molecule has 0 saturated carbocycles. The number of carbonyl (C=O) groups is 2. The third-order valence-corrected chi connectivity index (χ3v) is 9.91. The highest BCUT2D eigenvalue weighted by molar-refractivity contribution is 8.25. The van der Waals surface area contributed by atoms with Gasteiger partial charge in [-0.15, -0.1) is 0 Å². The summed E-state index contributed by atoms with van der Waals surface area (Å²) < 4.78 is 31.1. The number of rotatable bonds is 19. The Morgan fingerprint density at radius 3 is 2.09 bits per heavy atom. The Balaban J connectivity index is 3.20. The standard InChI is InChI=1S/C31H50N4O5S3/c1-9-10-18-33-27(36)30(4,23-29(2,3)32-6)24-31(5,42-26(41)25-16-12-11-13-17-25)28(37)34-19-14-20-35(7,8)21-15-22-43(38,39)40/h11-13,16-17H,9-10,14-15,18-24H2,1-5,7-8H3,(H2-,33,34,36,37,38,39,40)/p+1. The minimum atomic E-state index is -4.00. The van der Waals surface area contributed by atoms with Crippen molar-refractivity contribution in [1.82, 2.24) is 10.6 Å². The van der Waals surface area contributed by atoms with Crippen molar-refractivity contribution in [3.05, 3.63) is 47.3 Å². The number of nitrogens with one attached hydrogen (secondary N) is 2. The van der Waals surface area contributed by atoms with Crippen LogP contribution in [0.4, 0.5) is 0 Å². The largest absolute Gasteiger partial charge is 0.356 e. The van der Waals surface area contributed by atoms with Gasteiger partial charge in [0.1, 0.15) is 0 Å². The highest BCUT2D eigenvalue weighted by Gasteiger charge is 2.49. The fourth-order valence-corrected chi connectivity index (χ4v) is 7.64. The first kappa shape index (κ1) is 39.0. The van der Waals surface area contributed by atoms with Gasteiger partial charge in [0, 0.05) is 46.2 Å². The minimum Gasteiger partial charge on any atom is -0.356 e. The maximum Gasteiger partial charge on any atom is 0.265 e. The number of hydrogen-bond donors (Lipinski definition) is 3. The van der Waals surface area contributed by atoms with Gasteiger partial charge in [0.15, 0.2) is 0 Å². The lowest BCUT2D eigenvalue weighted by Crippen LogP contribution is -2.52. The molecule has 0 radical (unpaired) electrons. The quantitative estimate of drug-likeness (QED) is 0.0623. The third-order valence-electron chi connectivity index (χ3n) is 7.42. The third kappa shape index (κ3) is 14.5. The minimum absolute atomic E-state index is 0.174. The van der Waals surface area contributed by atoms with Crippen LogP contribution < -0.4 is 10.6 Å². The van der Waals surface area contributed by atoms with Crippen molar-refractivity contribution in [1.29, 1.82) is 0 Å². The van der Waals surface area contributed by atoms with Crippen molar-refractivity contribution in [2.75, 3.05) is 46.0 Å². The molecule has 1 aromatic carbocycles. The predicted octanol–water partition coefficient (Wildman–Crippen LogP) is 5.12. The summed E-state index contributed by atoms with van der Waals surface area (Å²) >= 11 is 7.05. The van der Waals surface area contributed by atoms with Crippen LogP contribution in [0.2, 0.25) is 0 Å². The Bertz CT molecular complexity index is 1230. The normalized spacial score (nSPS) is 15.0. The topological polar surface area (TPSA) is 117 Å². The fourth-order valence-electron chi connectivity index (χ4n) is 5.24. The molecule has 0 heterocycles. The van der Waals surface area contributed by atoms with E-state index in [-0.39, 0.29) is 30.4 Å². The smallest absolute Gasteiger partial charge is 0.265 e. The second kappa shape index (κ2) is 16.9. The molecule has 0 saturated heterocycles. The van der Waals surface area contributed by atoms with Gasteiger partial charge in [-0.1, -0.05) is 74.6 Å². The zero-order chi connectivity index (χ0) is 33.0. The number of nitrogens with zero attached hydrogens (tertiary/aromatic N) is 2. The summed E-state index contributed by atoms with van der Waals surface area (Å²) in [5.74, 6) is -0.690. The van der Waals surface area contributed by atoms with E-state index < -0.39 is 25.8 Å². The van der Waals surface area contributed by atoms with Gasteiger partial charge in [0.2, 0.25) is 17.4 Å². The van der Waals surface area contributed by atoms with Crippen LogP contribution in [0.15, 0.2) is 30.3 Å². The van der Waals surface area contributed by atoms with E-state index in [1.165, 1.54) is 11.8 Å². The average molecular weight is 656 g/mol. The van der Waals surface area contributed by atoms with E-state index in [1.54, 1.807) is 0 Å². The zero-order valence-corrected chi connectivity index (χ0v) is 29.3. The number of quaternary nitrogens is 1. The van der Waals surface area contributed by atoms with E-state index in [2.05, 4.69) is 22.4 Å². The van der Waals surface area contributed by atoms with Crippen LogP contribution in [0.25, 0.3) is 4.85 Å². The van der Waals surface area contributed by atoms with Gasteiger partial charge in [-0.2, -0.15) is 8.42 Å². The fraction of sp³-hybridized carbons (Fsp3) is 0.677. The molecule has 12 heteroatoms. The number of benzene rings is 1. The van der Waals surface area contributed by atoms with Gasteiger partial charge in [-0.3, -0.25) is 14.1 Å². The molecular formula is C31H51N4O5S3+. The van der Waals surface area contributed by atoms with Gasteiger partial charge in [0.25, 0.3) is 10.1 Å². The van der Waals surface area contributed by atoms with E-state index in [0.717, 1.165) is 18.4 Å². The monoisotopic (exact) mass is 655 g/mol. The molecule has 242 valence electrons. The van der Waals surface area contributed by atoms with Crippen LogP contribution in [0.3, 0.4) is 0 Å². The number of carbonyl (C=O) groups excluding carboxylic acids is 2. The molecule has 0 bridgehead atoms. The summed E-state index contributed by atoms with van der Waals surface area (Å²) in [6.45, 7) is 19.2. The molecule has 2 unspecified atom stereocenters. The highest BCUT2D eigenvalue weighted by Crippen LogP contribution is 2.44. The van der Waals surface area contributed by atoms with Crippen LogP contribution >= 0.6 is 24.0 Å². The van der Waals surface area contributed by atoms with Crippen LogP contribution in [-0.2, 0) is 19.7 Å². The number of hydrogen-bond acceptors (Lipinski definition) is 6. The predicted molar refractivity (Wildman–Crippen MR) is 181 cm³/mol. The molecule has 0 aliphatic rings. The Hall–Kier alpha value is -2.04. The lowest BCUT2D eigenvalue weighted by Gasteiger charge is -2.38. The van der Waals surface area contributed by atoms with Crippen molar-refractivity contribution in [2.24, 2.45) is 5.41 Å². The number of unbranched alkanes of at least 4 members (excludes halogenated alkanes) is 1. The Morgan fingerprint density at radius 1 is 0.977 bits per heavy atom. The summed E-state index contributed by atoms with van der Waals surface area (Å²) in [6.07, 6.45) is 3.21. The molecule has 3 N–H and O–H groups in total. The molecule has 0 fully saturated rings. The molecule has 43 heavy (non-hydrogen) atoms.